The molecule has 0 saturated carbocycles. The van der Waals surface area contributed by atoms with E-state index in [1.807, 2.05) is 0 Å². The highest BCUT2D eigenvalue weighted by Gasteiger charge is 2.54. The third kappa shape index (κ3) is 5.49. The Balaban J connectivity index is 2.16. The molecule has 13 nitrogen and oxygen atoms in total. The lowest BCUT2D eigenvalue weighted by atomic mass is 10.0. The van der Waals surface area contributed by atoms with Crippen molar-refractivity contribution in [2.75, 3.05) is 46.4 Å². The summed E-state index contributed by atoms with van der Waals surface area (Å²) in [5, 5.41) is 5.10. The molecular formula is C17H20ClN3O10S. The van der Waals surface area contributed by atoms with E-state index in [9.17, 15) is 24.0 Å². The second-order valence-electron chi connectivity index (χ2n) is 6.07. The lowest BCUT2D eigenvalue weighted by molar-refractivity contribution is -0.157. The Morgan fingerprint density at radius 1 is 1.22 bits per heavy atom. The van der Waals surface area contributed by atoms with E-state index < -0.39 is 59.5 Å². The van der Waals surface area contributed by atoms with Crippen LogP contribution < -0.4 is 5.32 Å². The fourth-order valence-corrected chi connectivity index (χ4v) is 4.25. The van der Waals surface area contributed by atoms with Crippen molar-refractivity contribution >= 4 is 58.8 Å². The van der Waals surface area contributed by atoms with Crippen LogP contribution >= 0.6 is 23.4 Å². The zero-order valence-corrected chi connectivity index (χ0v) is 18.8. The Morgan fingerprint density at radius 3 is 2.53 bits per heavy atom. The van der Waals surface area contributed by atoms with Gasteiger partial charge in [-0.05, 0) is 5.57 Å². The Labute approximate surface area is 191 Å². The molecule has 32 heavy (non-hydrogen) atoms. The van der Waals surface area contributed by atoms with E-state index in [1.54, 1.807) is 0 Å². The number of thioether (sulfide) groups is 1. The van der Waals surface area contributed by atoms with E-state index in [0.717, 1.165) is 19.1 Å². The first-order valence-corrected chi connectivity index (χ1v) is 10.4. The first-order chi connectivity index (χ1) is 15.3. The van der Waals surface area contributed by atoms with Crippen LogP contribution in [0.5, 0.6) is 0 Å². The van der Waals surface area contributed by atoms with E-state index in [2.05, 4.69) is 24.8 Å². The second kappa shape index (κ2) is 11.7. The average Bonchev–Trinajstić information content (AvgIpc) is 2.79. The molecule has 1 saturated heterocycles. The Bertz CT molecular complexity index is 862. The van der Waals surface area contributed by atoms with Gasteiger partial charge in [0.2, 0.25) is 18.3 Å². The number of hydrogen-bond donors (Lipinski definition) is 1. The predicted octanol–water partition coefficient (Wildman–Crippen LogP) is -0.619. The number of ketones is 1. The quantitative estimate of drug-likeness (QED) is 0.0785. The molecule has 2 aliphatic rings. The molecule has 0 aromatic rings. The number of alkyl halides is 1. The Morgan fingerprint density at radius 2 is 1.94 bits per heavy atom. The lowest BCUT2D eigenvalue weighted by Crippen LogP contribution is -2.71. The summed E-state index contributed by atoms with van der Waals surface area (Å²) in [4.78, 5) is 66.2. The van der Waals surface area contributed by atoms with Crippen LogP contribution in [-0.2, 0) is 43.0 Å². The maximum atomic E-state index is 12.8. The number of methoxy groups -OCH3 is 2. The number of halogens is 1. The first-order valence-electron chi connectivity index (χ1n) is 8.85. The number of Topliss-reactive ketones (excluding diaryl/α,β-unsaturated/α-hetero) is 1. The number of rotatable bonds is 10. The maximum absolute atomic E-state index is 12.8. The monoisotopic (exact) mass is 493 g/mol. The van der Waals surface area contributed by atoms with Gasteiger partial charge in [0.1, 0.15) is 24.2 Å². The van der Waals surface area contributed by atoms with Gasteiger partial charge in [0, 0.05) is 12.9 Å². The molecule has 1 N–H and O–H groups in total. The normalized spacial score (nSPS) is 20.1. The van der Waals surface area contributed by atoms with Crippen LogP contribution in [0, 0.1) is 0 Å². The molecule has 0 spiro atoms. The number of carbonyl (C=O) groups is 5. The summed E-state index contributed by atoms with van der Waals surface area (Å²) in [5.74, 6) is -3.51. The van der Waals surface area contributed by atoms with E-state index in [4.69, 9.17) is 21.1 Å². The Kier molecular flexibility index (Phi) is 9.28. The molecule has 1 fully saturated rings. The summed E-state index contributed by atoms with van der Waals surface area (Å²) < 4.78 is 18.8. The topological polar surface area (TPSA) is 159 Å². The summed E-state index contributed by atoms with van der Waals surface area (Å²) in [6, 6.07) is -1.05. The molecule has 1 unspecified atom stereocenters. The number of β-lactam (4-membered cyclic amide) rings is 1. The lowest BCUT2D eigenvalue weighted by Gasteiger charge is -2.49. The Hall–Kier alpha value is -2.84. The van der Waals surface area contributed by atoms with Crippen molar-refractivity contribution in [3.05, 3.63) is 11.3 Å². The number of hydrogen-bond acceptors (Lipinski definition) is 12. The van der Waals surface area contributed by atoms with Gasteiger partial charge < -0.3 is 29.1 Å². The summed E-state index contributed by atoms with van der Waals surface area (Å²) in [7, 11) is 3.65. The van der Waals surface area contributed by atoms with Crippen LogP contribution in [-0.4, -0.2) is 98.1 Å². The minimum Gasteiger partial charge on any atom is -0.438 e. The van der Waals surface area contributed by atoms with Gasteiger partial charge in [0.15, 0.2) is 0 Å². The van der Waals surface area contributed by atoms with Crippen molar-refractivity contribution in [1.82, 2.24) is 10.2 Å². The number of carbonyl (C=O) groups excluding carboxylic acids is 5. The number of fused-ring (bicyclic) bond motifs is 1. The number of nitrogens with zero attached hydrogens (tertiary/aromatic N) is 2. The highest BCUT2D eigenvalue weighted by atomic mass is 35.5. The number of oxime groups is 1. The van der Waals surface area contributed by atoms with Crippen LogP contribution in [0.4, 0.5) is 4.79 Å². The van der Waals surface area contributed by atoms with Gasteiger partial charge in [0.25, 0.3) is 11.8 Å². The van der Waals surface area contributed by atoms with Gasteiger partial charge in [-0.2, -0.15) is 0 Å². The molecule has 2 amide bonds. The minimum absolute atomic E-state index is 0.0394. The van der Waals surface area contributed by atoms with E-state index >= 15 is 0 Å². The highest BCUT2D eigenvalue weighted by Crippen LogP contribution is 2.40. The molecule has 2 aliphatic heterocycles. The average molecular weight is 494 g/mol. The van der Waals surface area contributed by atoms with Gasteiger partial charge in [-0.3, -0.25) is 19.3 Å². The van der Waals surface area contributed by atoms with Gasteiger partial charge in [-0.15, -0.1) is 23.4 Å². The standard InChI is InChI=1S/C17H20ClN3O10S/c1-27-5-8-6-32-15-11(19-13(23)10(20-29-3)9(22)4-18)14(24)21(15)12(8)16(25)30-7-31-17(26)28-2/h11,15H,4-7H2,1-3H3,(H,19,23)/t11?,15-/m0/s1. The SMILES string of the molecule is COCC1=C(C(=O)OCOC(=O)OC)N2C(=O)C(NC(=O)C(=NOC)C(=O)CCl)[C@@H]2SC1. The van der Waals surface area contributed by atoms with Crippen molar-refractivity contribution < 1.29 is 47.8 Å². The molecule has 0 aromatic carbocycles. The van der Waals surface area contributed by atoms with Crippen molar-refractivity contribution in [2.24, 2.45) is 5.16 Å². The molecular weight excluding hydrogens is 474 g/mol. The number of nitrogens with one attached hydrogen (secondary N) is 1. The molecule has 2 atom stereocenters. The largest absolute Gasteiger partial charge is 0.510 e. The van der Waals surface area contributed by atoms with Crippen molar-refractivity contribution in [1.29, 1.82) is 0 Å². The molecule has 0 radical (unpaired) electrons. The van der Waals surface area contributed by atoms with Crippen molar-refractivity contribution in [3.8, 4) is 0 Å². The van der Waals surface area contributed by atoms with Crippen LogP contribution in [0.15, 0.2) is 16.4 Å². The molecule has 0 aromatic heterocycles. The molecule has 2 rings (SSSR count). The summed E-state index contributed by atoms with van der Waals surface area (Å²) in [6.45, 7) is -0.690. The number of esters is 1. The molecule has 2 heterocycles. The predicted molar refractivity (Wildman–Crippen MR) is 109 cm³/mol. The van der Waals surface area contributed by atoms with Gasteiger partial charge in [0.05, 0.1) is 19.6 Å². The van der Waals surface area contributed by atoms with Gasteiger partial charge >= 0.3 is 12.1 Å². The van der Waals surface area contributed by atoms with Gasteiger partial charge in [-0.25, -0.2) is 9.59 Å². The number of amides is 2. The third-order valence-corrected chi connectivity index (χ3v) is 5.74. The van der Waals surface area contributed by atoms with E-state index in [0.29, 0.717) is 5.57 Å². The smallest absolute Gasteiger partial charge is 0.438 e. The van der Waals surface area contributed by atoms with E-state index in [-0.39, 0.29) is 18.1 Å². The van der Waals surface area contributed by atoms with E-state index in [1.165, 1.54) is 18.9 Å². The molecule has 0 aliphatic carbocycles. The van der Waals surface area contributed by atoms with Crippen LogP contribution in [0.3, 0.4) is 0 Å². The molecule has 176 valence electrons. The summed E-state index contributed by atoms with van der Waals surface area (Å²) in [5.41, 5.74) is -0.208. The zero-order chi connectivity index (χ0) is 23.8. The van der Waals surface area contributed by atoms with Crippen LogP contribution in [0.1, 0.15) is 0 Å². The fourth-order valence-electron chi connectivity index (χ4n) is 2.80. The van der Waals surface area contributed by atoms with Gasteiger partial charge in [-0.1, -0.05) is 5.16 Å². The summed E-state index contributed by atoms with van der Waals surface area (Å²) >= 11 is 6.73. The molecule has 0 bridgehead atoms. The highest BCUT2D eigenvalue weighted by molar-refractivity contribution is 8.00. The second-order valence-corrected chi connectivity index (χ2v) is 7.45. The number of ether oxygens (including phenoxy) is 4. The van der Waals surface area contributed by atoms with Crippen LogP contribution in [0.2, 0.25) is 0 Å². The van der Waals surface area contributed by atoms with Crippen molar-refractivity contribution in [2.45, 2.75) is 11.4 Å². The third-order valence-electron chi connectivity index (χ3n) is 4.16. The molecule has 15 heteroatoms. The fraction of sp³-hybridized carbons (Fsp3) is 0.529. The first kappa shape index (κ1) is 25.4. The van der Waals surface area contributed by atoms with Crippen molar-refractivity contribution in [3.63, 3.8) is 0 Å². The summed E-state index contributed by atoms with van der Waals surface area (Å²) in [6.07, 6.45) is -1.05. The minimum atomic E-state index is -1.05. The maximum Gasteiger partial charge on any atom is 0.510 e. The zero-order valence-electron chi connectivity index (χ0n) is 17.2. The van der Waals surface area contributed by atoms with Crippen LogP contribution in [0.25, 0.3) is 0 Å².